The van der Waals surface area contributed by atoms with Crippen molar-refractivity contribution in [3.63, 3.8) is 0 Å². The molecule has 4 rings (SSSR count). The van der Waals surface area contributed by atoms with Gasteiger partial charge >= 0.3 is 6.36 Å². The van der Waals surface area contributed by atoms with Crippen molar-refractivity contribution in [2.24, 2.45) is 4.99 Å². The highest BCUT2D eigenvalue weighted by Gasteiger charge is 2.32. The normalized spacial score (nSPS) is 13.7. The molecule has 4 nitrogen and oxygen atoms in total. The molecule has 0 fully saturated rings. The number of aromatic nitrogens is 1. The molecule has 1 aromatic heterocycles. The molecular formula is C23H16F4N2O2. The van der Waals surface area contributed by atoms with Crippen molar-refractivity contribution < 1.29 is 27.1 Å². The number of hydrogen-bond donors (Lipinski definition) is 0. The van der Waals surface area contributed by atoms with Crippen molar-refractivity contribution in [2.75, 3.05) is 0 Å². The number of alkyl halides is 3. The predicted molar refractivity (Wildman–Crippen MR) is 106 cm³/mol. The second-order valence-electron chi connectivity index (χ2n) is 7.03. The molecule has 0 saturated carbocycles. The Morgan fingerprint density at radius 1 is 1.10 bits per heavy atom. The fourth-order valence-electron chi connectivity index (χ4n) is 3.49. The van der Waals surface area contributed by atoms with Crippen LogP contribution in [-0.4, -0.2) is 23.3 Å². The fraction of sp³-hybridized carbons (Fsp3) is 0.174. The molecule has 0 bridgehead atoms. The summed E-state index contributed by atoms with van der Waals surface area (Å²) in [4.78, 5) is 21.5. The number of rotatable bonds is 6. The second kappa shape index (κ2) is 8.29. The maximum atomic E-state index is 14.3. The number of aliphatic imine (C=N–C) groups is 1. The van der Waals surface area contributed by atoms with E-state index < -0.39 is 23.8 Å². The van der Waals surface area contributed by atoms with Gasteiger partial charge in [0.2, 0.25) is 0 Å². The average Bonchev–Trinajstić information content (AvgIpc) is 3.21. The molecule has 3 aromatic rings. The van der Waals surface area contributed by atoms with Crippen LogP contribution in [-0.2, 0) is 6.42 Å². The molecule has 0 radical (unpaired) electrons. The van der Waals surface area contributed by atoms with E-state index >= 15 is 0 Å². The van der Waals surface area contributed by atoms with Crippen LogP contribution in [0.4, 0.5) is 23.2 Å². The molecule has 1 aliphatic rings. The zero-order valence-corrected chi connectivity index (χ0v) is 16.1. The Morgan fingerprint density at radius 3 is 2.65 bits per heavy atom. The number of fused-ring (bicyclic) bond motifs is 1. The third-order valence-corrected chi connectivity index (χ3v) is 4.97. The van der Waals surface area contributed by atoms with Gasteiger partial charge in [0.05, 0.1) is 5.69 Å². The summed E-state index contributed by atoms with van der Waals surface area (Å²) in [5.74, 6) is -2.97. The van der Waals surface area contributed by atoms with E-state index in [0.717, 1.165) is 23.4 Å². The maximum Gasteiger partial charge on any atom is 0.573 e. The summed E-state index contributed by atoms with van der Waals surface area (Å²) in [5, 5.41) is 0. The first-order valence-electron chi connectivity index (χ1n) is 9.45. The van der Waals surface area contributed by atoms with Crippen LogP contribution in [0, 0.1) is 5.82 Å². The minimum atomic E-state index is -5.01. The van der Waals surface area contributed by atoms with Crippen molar-refractivity contribution in [3.05, 3.63) is 89.0 Å². The smallest absolute Gasteiger partial charge is 0.403 e. The van der Waals surface area contributed by atoms with E-state index in [-0.39, 0.29) is 12.2 Å². The monoisotopic (exact) mass is 428 g/mol. The highest BCUT2D eigenvalue weighted by molar-refractivity contribution is 5.98. The molecule has 2 aromatic carbocycles. The number of Topliss-reactive ketones (excluding diaryl/α,β-unsaturated/α-hetero) is 1. The Balaban J connectivity index is 1.65. The van der Waals surface area contributed by atoms with Crippen LogP contribution < -0.4 is 4.74 Å². The van der Waals surface area contributed by atoms with Crippen LogP contribution in [0.2, 0.25) is 0 Å². The number of carbonyl (C=O) groups excluding carboxylic acids is 1. The fourth-order valence-corrected chi connectivity index (χ4v) is 3.49. The number of ether oxygens (including phenoxy) is 1. The summed E-state index contributed by atoms with van der Waals surface area (Å²) in [7, 11) is 0. The van der Waals surface area contributed by atoms with Crippen LogP contribution in [0.1, 0.15) is 39.5 Å². The Morgan fingerprint density at radius 2 is 1.94 bits per heavy atom. The molecule has 0 saturated heterocycles. The number of hydrogen-bond acceptors (Lipinski definition) is 4. The van der Waals surface area contributed by atoms with E-state index in [1.807, 2.05) is 6.07 Å². The zero-order chi connectivity index (χ0) is 22.0. The Kier molecular flexibility index (Phi) is 5.54. The van der Waals surface area contributed by atoms with Crippen molar-refractivity contribution in [1.82, 2.24) is 4.98 Å². The number of nitrogens with zero attached hydrogens (tertiary/aromatic N) is 2. The van der Waals surface area contributed by atoms with Gasteiger partial charge in [-0.15, -0.1) is 13.2 Å². The van der Waals surface area contributed by atoms with E-state index in [1.54, 1.807) is 36.5 Å². The number of benzene rings is 2. The highest BCUT2D eigenvalue weighted by Crippen LogP contribution is 2.33. The first-order valence-corrected chi connectivity index (χ1v) is 9.45. The number of ketones is 1. The average molecular weight is 428 g/mol. The van der Waals surface area contributed by atoms with Gasteiger partial charge in [-0.25, -0.2) is 4.39 Å². The van der Waals surface area contributed by atoms with Gasteiger partial charge in [-0.2, -0.15) is 0 Å². The quantitative estimate of drug-likeness (QED) is 0.369. The lowest BCUT2D eigenvalue weighted by Crippen LogP contribution is -2.18. The van der Waals surface area contributed by atoms with Crippen LogP contribution in [0.15, 0.2) is 65.8 Å². The van der Waals surface area contributed by atoms with E-state index in [0.29, 0.717) is 23.2 Å². The van der Waals surface area contributed by atoms with E-state index in [4.69, 9.17) is 0 Å². The molecule has 0 unspecified atom stereocenters. The number of pyridine rings is 1. The van der Waals surface area contributed by atoms with Gasteiger partial charge in [0.25, 0.3) is 0 Å². The molecule has 0 aliphatic carbocycles. The topological polar surface area (TPSA) is 51.5 Å². The molecule has 0 spiro atoms. The lowest BCUT2D eigenvalue weighted by molar-refractivity contribution is -0.275. The van der Waals surface area contributed by atoms with Crippen LogP contribution in [0.5, 0.6) is 5.75 Å². The molecule has 1 aliphatic heterocycles. The summed E-state index contributed by atoms with van der Waals surface area (Å²) >= 11 is 0. The molecular weight excluding hydrogens is 412 g/mol. The van der Waals surface area contributed by atoms with Crippen LogP contribution >= 0.6 is 0 Å². The van der Waals surface area contributed by atoms with Crippen molar-refractivity contribution in [3.8, 4) is 5.75 Å². The minimum Gasteiger partial charge on any atom is -0.403 e. The third kappa shape index (κ3) is 4.79. The summed E-state index contributed by atoms with van der Waals surface area (Å²) in [6.45, 7) is 0. The summed E-state index contributed by atoms with van der Waals surface area (Å²) < 4.78 is 55.4. The van der Waals surface area contributed by atoms with Crippen LogP contribution in [0.3, 0.4) is 0 Å². The van der Waals surface area contributed by atoms with Crippen LogP contribution in [0.25, 0.3) is 0 Å². The molecule has 8 heteroatoms. The Labute approximate surface area is 175 Å². The summed E-state index contributed by atoms with van der Waals surface area (Å²) in [6.07, 6.45) is -1.03. The van der Waals surface area contributed by atoms with Crippen molar-refractivity contribution in [1.29, 1.82) is 0 Å². The largest absolute Gasteiger partial charge is 0.573 e. The minimum absolute atomic E-state index is 0.0432. The predicted octanol–water partition coefficient (Wildman–Crippen LogP) is 5.78. The lowest BCUT2D eigenvalue weighted by atomic mass is 9.88. The first-order chi connectivity index (χ1) is 14.8. The number of carbonyl (C=O) groups is 1. The Bertz CT molecular complexity index is 1140. The molecule has 0 N–H and O–H groups in total. The van der Waals surface area contributed by atoms with Crippen molar-refractivity contribution >= 4 is 17.7 Å². The van der Waals surface area contributed by atoms with Gasteiger partial charge in [-0.3, -0.25) is 14.8 Å². The first kappa shape index (κ1) is 20.7. The Hall–Kier alpha value is -3.55. The molecule has 158 valence electrons. The van der Waals surface area contributed by atoms with Gasteiger partial charge in [0.1, 0.15) is 0 Å². The molecule has 2 heterocycles. The zero-order valence-electron chi connectivity index (χ0n) is 16.1. The molecule has 0 amide bonds. The van der Waals surface area contributed by atoms with Gasteiger partial charge < -0.3 is 4.74 Å². The van der Waals surface area contributed by atoms with E-state index in [1.165, 1.54) is 12.3 Å². The molecule has 1 atom stereocenters. The van der Waals surface area contributed by atoms with Gasteiger partial charge in [0, 0.05) is 42.4 Å². The van der Waals surface area contributed by atoms with Gasteiger partial charge in [-0.1, -0.05) is 24.3 Å². The van der Waals surface area contributed by atoms with Gasteiger partial charge in [0.15, 0.2) is 17.3 Å². The number of halogens is 4. The maximum absolute atomic E-state index is 14.3. The van der Waals surface area contributed by atoms with Crippen molar-refractivity contribution in [2.45, 2.75) is 25.1 Å². The second-order valence-corrected chi connectivity index (χ2v) is 7.03. The molecule has 31 heavy (non-hydrogen) atoms. The summed E-state index contributed by atoms with van der Waals surface area (Å²) in [5.41, 5.74) is 3.04. The summed E-state index contributed by atoms with van der Waals surface area (Å²) in [6, 6.07) is 13.5. The lowest BCUT2D eigenvalue weighted by Gasteiger charge is -2.18. The standard InChI is InChI=1S/C23H16F4N2O2/c24-18-11-15(6-7-22(18)31-23(25,26)27)17(19-3-1-2-9-28-19)13-21(30)16-5-4-14-8-10-29-20(14)12-16/h1-7,9-12,17H,8,13H2/t17-/m0/s1. The van der Waals surface area contributed by atoms with Gasteiger partial charge in [-0.05, 0) is 41.5 Å². The highest BCUT2D eigenvalue weighted by atomic mass is 19.4. The van der Waals surface area contributed by atoms with E-state index in [9.17, 15) is 22.4 Å². The third-order valence-electron chi connectivity index (χ3n) is 4.97. The SMILES string of the molecule is O=C(C[C@@H](c1ccc(OC(F)(F)F)c(F)c1)c1ccccn1)c1ccc2c(c1)N=CC2. The van der Waals surface area contributed by atoms with E-state index in [2.05, 4.69) is 14.7 Å².